The first-order valence-electron chi connectivity index (χ1n) is 7.40. The second-order valence-corrected chi connectivity index (χ2v) is 6.80. The monoisotopic (exact) mass is 318 g/mol. The number of aliphatic carboxylic acids is 1. The van der Waals surface area contributed by atoms with Crippen LogP contribution in [0.5, 0.6) is 0 Å². The molecular formula is C17H22N2O4. The van der Waals surface area contributed by atoms with Crippen LogP contribution in [0.3, 0.4) is 0 Å². The third-order valence-corrected chi connectivity index (χ3v) is 3.47. The van der Waals surface area contributed by atoms with Crippen molar-refractivity contribution in [3.63, 3.8) is 0 Å². The first kappa shape index (κ1) is 16.9. The molecule has 1 unspecified atom stereocenters. The zero-order chi connectivity index (χ0) is 17.3. The summed E-state index contributed by atoms with van der Waals surface area (Å²) in [7, 11) is 0. The third kappa shape index (κ3) is 4.03. The Hall–Kier alpha value is -2.50. The largest absolute Gasteiger partial charge is 0.480 e. The van der Waals surface area contributed by atoms with Gasteiger partial charge in [-0.2, -0.15) is 0 Å². The van der Waals surface area contributed by atoms with Crippen LogP contribution in [0.2, 0.25) is 0 Å². The summed E-state index contributed by atoms with van der Waals surface area (Å²) in [6, 6.07) is 7.62. The van der Waals surface area contributed by atoms with Gasteiger partial charge in [0.1, 0.15) is 11.1 Å². The van der Waals surface area contributed by atoms with Crippen LogP contribution < -0.4 is 5.32 Å². The van der Waals surface area contributed by atoms with Gasteiger partial charge in [-0.25, -0.2) is 9.59 Å². The molecule has 0 saturated heterocycles. The number of carbonyl (C=O) groups is 2. The number of carbonyl (C=O) groups excluding carboxylic acids is 1. The van der Waals surface area contributed by atoms with Crippen LogP contribution >= 0.6 is 0 Å². The number of ether oxygens (including phenoxy) is 1. The fourth-order valence-electron chi connectivity index (χ4n) is 2.36. The molecule has 6 nitrogen and oxygen atoms in total. The summed E-state index contributed by atoms with van der Waals surface area (Å²) in [5, 5.41) is 13.0. The highest BCUT2D eigenvalue weighted by Gasteiger charge is 2.37. The van der Waals surface area contributed by atoms with E-state index < -0.39 is 23.2 Å². The molecule has 1 heterocycles. The van der Waals surface area contributed by atoms with Gasteiger partial charge in [-0.05, 0) is 39.3 Å². The minimum Gasteiger partial charge on any atom is -0.480 e. The van der Waals surface area contributed by atoms with Crippen LogP contribution in [0.25, 0.3) is 10.9 Å². The molecule has 0 radical (unpaired) electrons. The Morgan fingerprint density at radius 1 is 1.22 bits per heavy atom. The van der Waals surface area contributed by atoms with Crippen molar-refractivity contribution in [1.82, 2.24) is 10.3 Å². The summed E-state index contributed by atoms with van der Waals surface area (Å²) in [5.41, 5.74) is -0.411. The van der Waals surface area contributed by atoms with Gasteiger partial charge in [-0.1, -0.05) is 18.2 Å². The van der Waals surface area contributed by atoms with E-state index in [2.05, 4.69) is 10.3 Å². The molecule has 2 rings (SSSR count). The van der Waals surface area contributed by atoms with E-state index in [-0.39, 0.29) is 6.42 Å². The maximum absolute atomic E-state index is 12.0. The van der Waals surface area contributed by atoms with Crippen molar-refractivity contribution >= 4 is 23.0 Å². The minimum absolute atomic E-state index is 0.144. The number of carboxylic acid groups (broad SMARTS) is 1. The van der Waals surface area contributed by atoms with E-state index in [1.165, 1.54) is 6.92 Å². The number of carboxylic acids is 1. The van der Waals surface area contributed by atoms with Gasteiger partial charge in [0.15, 0.2) is 0 Å². The van der Waals surface area contributed by atoms with Crippen molar-refractivity contribution in [3.8, 4) is 0 Å². The van der Waals surface area contributed by atoms with Gasteiger partial charge in [0, 0.05) is 23.5 Å². The zero-order valence-corrected chi connectivity index (χ0v) is 13.8. The Kier molecular flexibility index (Phi) is 4.36. The lowest BCUT2D eigenvalue weighted by Gasteiger charge is -2.28. The van der Waals surface area contributed by atoms with E-state index >= 15 is 0 Å². The summed E-state index contributed by atoms with van der Waals surface area (Å²) >= 11 is 0. The summed E-state index contributed by atoms with van der Waals surface area (Å²) in [5.74, 6) is -1.12. The van der Waals surface area contributed by atoms with Gasteiger partial charge >= 0.3 is 12.1 Å². The summed E-state index contributed by atoms with van der Waals surface area (Å²) < 4.78 is 5.17. The molecule has 23 heavy (non-hydrogen) atoms. The van der Waals surface area contributed by atoms with Gasteiger partial charge in [0.2, 0.25) is 0 Å². The van der Waals surface area contributed by atoms with Crippen molar-refractivity contribution in [1.29, 1.82) is 0 Å². The zero-order valence-electron chi connectivity index (χ0n) is 13.8. The first-order chi connectivity index (χ1) is 10.6. The number of nitrogens with one attached hydrogen (secondary N) is 2. The lowest BCUT2D eigenvalue weighted by atomic mass is 9.93. The summed E-state index contributed by atoms with van der Waals surface area (Å²) in [6.45, 7) is 6.65. The number of H-pyrrole nitrogens is 1. The standard InChI is InChI=1S/C17H22N2O4/c1-16(2,3)23-15(22)19-17(4,14(20)21)9-11-10-18-13-8-6-5-7-12(11)13/h5-8,10,18H,9H2,1-4H3,(H,19,22)(H,20,21). The molecule has 2 aromatic rings. The number of amides is 1. The van der Waals surface area contributed by atoms with E-state index in [4.69, 9.17) is 4.74 Å². The summed E-state index contributed by atoms with van der Waals surface area (Å²) in [6.07, 6.45) is 1.16. The molecule has 0 aliphatic rings. The Balaban J connectivity index is 2.24. The number of aromatic amines is 1. The van der Waals surface area contributed by atoms with E-state index in [0.717, 1.165) is 16.5 Å². The van der Waals surface area contributed by atoms with E-state index in [0.29, 0.717) is 0 Å². The SMILES string of the molecule is CC(C)(C)OC(=O)NC(C)(Cc1c[nH]c2ccccc12)C(=O)O. The molecule has 1 amide bonds. The number of alkyl carbamates (subject to hydrolysis) is 1. The maximum atomic E-state index is 12.0. The van der Waals surface area contributed by atoms with E-state index in [1.807, 2.05) is 24.3 Å². The Labute approximate surface area is 134 Å². The molecule has 3 N–H and O–H groups in total. The molecule has 124 valence electrons. The predicted octanol–water partition coefficient (Wildman–Crippen LogP) is 3.08. The summed E-state index contributed by atoms with van der Waals surface area (Å²) in [4.78, 5) is 26.8. The van der Waals surface area contributed by atoms with Gasteiger partial charge in [-0.15, -0.1) is 0 Å². The molecular weight excluding hydrogens is 296 g/mol. The molecule has 0 aliphatic heterocycles. The second-order valence-electron chi connectivity index (χ2n) is 6.80. The number of hydrogen-bond donors (Lipinski definition) is 3. The van der Waals surface area contributed by atoms with Gasteiger partial charge in [-0.3, -0.25) is 0 Å². The minimum atomic E-state index is -1.46. The molecule has 1 aromatic carbocycles. The lowest BCUT2D eigenvalue weighted by Crippen LogP contribution is -2.54. The van der Waals surface area contributed by atoms with E-state index in [9.17, 15) is 14.7 Å². The fourth-order valence-corrected chi connectivity index (χ4v) is 2.36. The molecule has 0 spiro atoms. The Morgan fingerprint density at radius 2 is 1.87 bits per heavy atom. The van der Waals surface area contributed by atoms with Crippen molar-refractivity contribution < 1.29 is 19.4 Å². The Morgan fingerprint density at radius 3 is 2.48 bits per heavy atom. The quantitative estimate of drug-likeness (QED) is 0.808. The van der Waals surface area contributed by atoms with E-state index in [1.54, 1.807) is 27.0 Å². The topological polar surface area (TPSA) is 91.4 Å². The van der Waals surface area contributed by atoms with Crippen LogP contribution in [-0.4, -0.2) is 33.3 Å². The molecule has 1 atom stereocenters. The number of fused-ring (bicyclic) bond motifs is 1. The molecule has 0 saturated carbocycles. The normalized spacial score (nSPS) is 14.3. The second kappa shape index (κ2) is 5.95. The molecule has 1 aromatic heterocycles. The molecule has 0 fully saturated rings. The van der Waals surface area contributed by atoms with Gasteiger partial charge in [0.25, 0.3) is 0 Å². The fraction of sp³-hybridized carbons (Fsp3) is 0.412. The Bertz CT molecular complexity index is 730. The average Bonchev–Trinajstić information content (AvgIpc) is 2.79. The van der Waals surface area contributed by atoms with Crippen molar-refractivity contribution in [2.45, 2.75) is 45.3 Å². The maximum Gasteiger partial charge on any atom is 0.408 e. The predicted molar refractivity (Wildman–Crippen MR) is 87.4 cm³/mol. The van der Waals surface area contributed by atoms with Crippen LogP contribution in [0, 0.1) is 0 Å². The van der Waals surface area contributed by atoms with Crippen LogP contribution in [-0.2, 0) is 16.0 Å². The highest BCUT2D eigenvalue weighted by atomic mass is 16.6. The highest BCUT2D eigenvalue weighted by molar-refractivity contribution is 5.87. The van der Waals surface area contributed by atoms with Crippen molar-refractivity contribution in [3.05, 3.63) is 36.0 Å². The van der Waals surface area contributed by atoms with Crippen molar-refractivity contribution in [2.75, 3.05) is 0 Å². The molecule has 6 heteroatoms. The highest BCUT2D eigenvalue weighted by Crippen LogP contribution is 2.23. The number of benzene rings is 1. The third-order valence-electron chi connectivity index (χ3n) is 3.47. The first-order valence-corrected chi connectivity index (χ1v) is 7.40. The average molecular weight is 318 g/mol. The number of para-hydroxylation sites is 1. The van der Waals surface area contributed by atoms with Crippen LogP contribution in [0.1, 0.15) is 33.3 Å². The molecule has 0 bridgehead atoms. The number of hydrogen-bond acceptors (Lipinski definition) is 3. The molecule has 0 aliphatic carbocycles. The van der Waals surface area contributed by atoms with Gasteiger partial charge < -0.3 is 20.1 Å². The van der Waals surface area contributed by atoms with Crippen LogP contribution in [0.4, 0.5) is 4.79 Å². The number of rotatable bonds is 4. The van der Waals surface area contributed by atoms with Crippen LogP contribution in [0.15, 0.2) is 30.5 Å². The van der Waals surface area contributed by atoms with Crippen molar-refractivity contribution in [2.24, 2.45) is 0 Å². The number of aromatic nitrogens is 1. The van der Waals surface area contributed by atoms with Gasteiger partial charge in [0.05, 0.1) is 0 Å². The smallest absolute Gasteiger partial charge is 0.408 e. The lowest BCUT2D eigenvalue weighted by molar-refractivity contribution is -0.144.